The highest BCUT2D eigenvalue weighted by Gasteiger charge is 2.32. The molecule has 0 radical (unpaired) electrons. The summed E-state index contributed by atoms with van der Waals surface area (Å²) in [4.78, 5) is 4.18. The van der Waals surface area contributed by atoms with Crippen LogP contribution in [0.1, 0.15) is 17.1 Å². The van der Waals surface area contributed by atoms with Gasteiger partial charge in [-0.15, -0.1) is 11.3 Å². The van der Waals surface area contributed by atoms with Crippen LogP contribution < -0.4 is 5.32 Å². The molecule has 0 saturated carbocycles. The fourth-order valence-corrected chi connectivity index (χ4v) is 5.06. The molecule has 7 heteroatoms. The van der Waals surface area contributed by atoms with E-state index in [1.54, 1.807) is 14.0 Å². The van der Waals surface area contributed by atoms with Crippen molar-refractivity contribution in [1.82, 2.24) is 14.6 Å². The lowest BCUT2D eigenvalue weighted by molar-refractivity contribution is 0.388. The summed E-state index contributed by atoms with van der Waals surface area (Å²) in [7, 11) is -1.73. The number of hydrogen-bond donors (Lipinski definition) is 1. The first kappa shape index (κ1) is 12.9. The summed E-state index contributed by atoms with van der Waals surface area (Å²) in [6.45, 7) is 5.18. The number of thiazole rings is 1. The van der Waals surface area contributed by atoms with E-state index in [2.05, 4.69) is 10.3 Å². The van der Waals surface area contributed by atoms with E-state index in [1.165, 1.54) is 15.6 Å². The van der Waals surface area contributed by atoms with Gasteiger partial charge in [-0.05, 0) is 26.8 Å². The average Bonchev–Trinajstić information content (AvgIpc) is 2.86. The number of aromatic nitrogens is 1. The summed E-state index contributed by atoms with van der Waals surface area (Å²) in [6, 6.07) is 0.0572. The molecule has 1 N–H and O–H groups in total. The van der Waals surface area contributed by atoms with Crippen LogP contribution in [-0.2, 0) is 10.0 Å². The lowest BCUT2D eigenvalue weighted by atomic mass is 10.3. The number of likely N-dealkylation sites (N-methyl/N-ethyl adjacent to an activating group) is 1. The number of nitrogens with zero attached hydrogens (tertiary/aromatic N) is 2. The molecule has 2 heterocycles. The molecular weight excluding hydrogens is 258 g/mol. The first-order valence-corrected chi connectivity index (χ1v) is 7.81. The molecule has 1 unspecified atom stereocenters. The third kappa shape index (κ3) is 2.37. The first-order chi connectivity index (χ1) is 7.93. The Morgan fingerprint density at radius 1 is 1.47 bits per heavy atom. The second kappa shape index (κ2) is 4.64. The molecule has 1 atom stereocenters. The van der Waals surface area contributed by atoms with E-state index in [1.807, 2.05) is 6.92 Å². The molecule has 0 aromatic carbocycles. The van der Waals surface area contributed by atoms with Crippen molar-refractivity contribution in [2.24, 2.45) is 0 Å². The SMILES string of the molecule is Cc1nc(C)c(S(=O)(=O)N(C)C2CCNC2)s1. The normalized spacial score (nSPS) is 21.3. The minimum absolute atomic E-state index is 0.0572. The van der Waals surface area contributed by atoms with Crippen molar-refractivity contribution >= 4 is 21.4 Å². The number of aryl methyl sites for hydroxylation is 2. The maximum absolute atomic E-state index is 12.4. The zero-order valence-corrected chi connectivity index (χ0v) is 11.9. The highest BCUT2D eigenvalue weighted by Crippen LogP contribution is 2.27. The molecule has 0 spiro atoms. The summed E-state index contributed by atoms with van der Waals surface area (Å²) < 4.78 is 26.7. The van der Waals surface area contributed by atoms with Crippen molar-refractivity contribution in [3.8, 4) is 0 Å². The fraction of sp³-hybridized carbons (Fsp3) is 0.700. The van der Waals surface area contributed by atoms with Gasteiger partial charge in [0.2, 0.25) is 0 Å². The molecule has 0 aliphatic carbocycles. The summed E-state index contributed by atoms with van der Waals surface area (Å²) in [5.41, 5.74) is 0.602. The Labute approximate surface area is 106 Å². The molecule has 2 rings (SSSR count). The molecular formula is C10H17N3O2S2. The van der Waals surface area contributed by atoms with Crippen molar-refractivity contribution in [3.05, 3.63) is 10.7 Å². The summed E-state index contributed by atoms with van der Waals surface area (Å²) in [5.74, 6) is 0. The number of rotatable bonds is 3. The standard InChI is InChI=1S/C10H17N3O2S2/c1-7-10(16-8(2)12-7)17(14,15)13(3)9-4-5-11-6-9/h9,11H,4-6H2,1-3H3. The Morgan fingerprint density at radius 3 is 2.65 bits per heavy atom. The fourth-order valence-electron chi connectivity index (χ4n) is 2.03. The van der Waals surface area contributed by atoms with Crippen LogP contribution in [0.25, 0.3) is 0 Å². The van der Waals surface area contributed by atoms with Gasteiger partial charge >= 0.3 is 0 Å². The van der Waals surface area contributed by atoms with E-state index >= 15 is 0 Å². The predicted octanol–water partition coefficient (Wildman–Crippen LogP) is 0.742. The smallest absolute Gasteiger partial charge is 0.254 e. The van der Waals surface area contributed by atoms with E-state index in [0.29, 0.717) is 9.90 Å². The first-order valence-electron chi connectivity index (χ1n) is 5.55. The molecule has 1 aliphatic heterocycles. The van der Waals surface area contributed by atoms with E-state index in [9.17, 15) is 8.42 Å². The van der Waals surface area contributed by atoms with Crippen molar-refractivity contribution in [2.75, 3.05) is 20.1 Å². The molecule has 1 fully saturated rings. The van der Waals surface area contributed by atoms with Gasteiger partial charge in [-0.25, -0.2) is 13.4 Å². The third-order valence-electron chi connectivity index (χ3n) is 3.02. The van der Waals surface area contributed by atoms with Crippen molar-refractivity contribution in [2.45, 2.75) is 30.5 Å². The third-order valence-corrected chi connectivity index (χ3v) is 6.59. The lowest BCUT2D eigenvalue weighted by Crippen LogP contribution is -2.38. The molecule has 0 amide bonds. The van der Waals surface area contributed by atoms with Crippen LogP contribution in [0.2, 0.25) is 0 Å². The van der Waals surface area contributed by atoms with Gasteiger partial charge in [-0.2, -0.15) is 4.31 Å². The maximum Gasteiger partial charge on any atom is 0.254 e. The highest BCUT2D eigenvalue weighted by molar-refractivity contribution is 7.91. The molecule has 5 nitrogen and oxygen atoms in total. The Hall–Kier alpha value is -0.500. The molecule has 1 aromatic heterocycles. The largest absolute Gasteiger partial charge is 0.315 e. The van der Waals surface area contributed by atoms with Crippen LogP contribution in [-0.4, -0.2) is 43.9 Å². The van der Waals surface area contributed by atoms with Crippen LogP contribution in [0.15, 0.2) is 4.21 Å². The number of hydrogen-bond acceptors (Lipinski definition) is 5. The van der Waals surface area contributed by atoms with Gasteiger partial charge in [0.1, 0.15) is 0 Å². The van der Waals surface area contributed by atoms with Gasteiger partial charge in [-0.1, -0.05) is 0 Å². The lowest BCUT2D eigenvalue weighted by Gasteiger charge is -2.22. The van der Waals surface area contributed by atoms with E-state index < -0.39 is 10.0 Å². The van der Waals surface area contributed by atoms with Crippen LogP contribution >= 0.6 is 11.3 Å². The van der Waals surface area contributed by atoms with Crippen LogP contribution in [0.3, 0.4) is 0 Å². The second-order valence-corrected chi connectivity index (χ2v) is 7.67. The van der Waals surface area contributed by atoms with Gasteiger partial charge in [0.15, 0.2) is 4.21 Å². The quantitative estimate of drug-likeness (QED) is 0.884. The predicted molar refractivity (Wildman–Crippen MR) is 67.8 cm³/mol. The zero-order valence-electron chi connectivity index (χ0n) is 10.2. The monoisotopic (exact) mass is 275 g/mol. The molecule has 0 bridgehead atoms. The Balaban J connectivity index is 2.32. The Bertz CT molecular complexity index is 504. The van der Waals surface area contributed by atoms with Gasteiger partial charge in [0, 0.05) is 19.6 Å². The maximum atomic E-state index is 12.4. The second-order valence-electron chi connectivity index (χ2n) is 4.27. The van der Waals surface area contributed by atoms with Gasteiger partial charge in [-0.3, -0.25) is 0 Å². The summed E-state index contributed by atoms with van der Waals surface area (Å²) in [5, 5.41) is 3.97. The topological polar surface area (TPSA) is 62.3 Å². The zero-order chi connectivity index (χ0) is 12.6. The van der Waals surface area contributed by atoms with Crippen LogP contribution in [0, 0.1) is 13.8 Å². The summed E-state index contributed by atoms with van der Waals surface area (Å²) >= 11 is 1.25. The minimum Gasteiger partial charge on any atom is -0.315 e. The highest BCUT2D eigenvalue weighted by atomic mass is 32.2. The Morgan fingerprint density at radius 2 is 2.18 bits per heavy atom. The molecule has 17 heavy (non-hydrogen) atoms. The Kier molecular flexibility index (Phi) is 3.53. The van der Waals surface area contributed by atoms with E-state index in [4.69, 9.17) is 0 Å². The molecule has 96 valence electrons. The van der Waals surface area contributed by atoms with Crippen molar-refractivity contribution < 1.29 is 8.42 Å². The van der Waals surface area contributed by atoms with E-state index in [0.717, 1.165) is 24.5 Å². The summed E-state index contributed by atoms with van der Waals surface area (Å²) in [6.07, 6.45) is 0.868. The van der Waals surface area contributed by atoms with E-state index in [-0.39, 0.29) is 6.04 Å². The number of nitrogens with one attached hydrogen (secondary N) is 1. The molecule has 1 aliphatic rings. The van der Waals surface area contributed by atoms with Crippen LogP contribution in [0.4, 0.5) is 0 Å². The molecule has 1 aromatic rings. The minimum atomic E-state index is -3.38. The van der Waals surface area contributed by atoms with Gasteiger partial charge < -0.3 is 5.32 Å². The number of sulfonamides is 1. The van der Waals surface area contributed by atoms with Gasteiger partial charge in [0.05, 0.1) is 10.7 Å². The van der Waals surface area contributed by atoms with Crippen LogP contribution in [0.5, 0.6) is 0 Å². The molecule has 1 saturated heterocycles. The van der Waals surface area contributed by atoms with Crippen molar-refractivity contribution in [3.63, 3.8) is 0 Å². The average molecular weight is 275 g/mol. The van der Waals surface area contributed by atoms with Crippen molar-refractivity contribution in [1.29, 1.82) is 0 Å². The van der Waals surface area contributed by atoms with Gasteiger partial charge in [0.25, 0.3) is 10.0 Å².